The Morgan fingerprint density at radius 2 is 1.16 bits per heavy atom. The van der Waals surface area contributed by atoms with E-state index in [9.17, 15) is 10.1 Å². The normalized spacial score (nSPS) is 20.3. The molecule has 2 aromatic heterocycles. The summed E-state index contributed by atoms with van der Waals surface area (Å²) in [5.74, 6) is 1.47. The average molecular weight is 757 g/mol. The Kier molecular flexibility index (Phi) is 9.32. The maximum Gasteiger partial charge on any atom is 0.205 e. The summed E-state index contributed by atoms with van der Waals surface area (Å²) >= 11 is 0. The number of carbonyl (C=O) groups excluding carboxylic acids is 1. The molecule has 2 aliphatic carbocycles. The van der Waals surface area contributed by atoms with Gasteiger partial charge in [-0.05, 0) is 109 Å². The van der Waals surface area contributed by atoms with Gasteiger partial charge < -0.3 is 9.47 Å². The van der Waals surface area contributed by atoms with Crippen LogP contribution in [0.4, 0.5) is 11.4 Å². The molecule has 58 heavy (non-hydrogen) atoms. The van der Waals surface area contributed by atoms with Crippen LogP contribution < -0.4 is 9.47 Å². The number of hydrogen-bond acceptors (Lipinski definition) is 7. The van der Waals surface area contributed by atoms with Crippen molar-refractivity contribution in [2.75, 3.05) is 0 Å². The summed E-state index contributed by atoms with van der Waals surface area (Å²) < 4.78 is 13.1. The third kappa shape index (κ3) is 6.55. The van der Waals surface area contributed by atoms with E-state index in [2.05, 4.69) is 30.7 Å². The molecule has 9 heteroatoms. The van der Waals surface area contributed by atoms with E-state index >= 15 is 0 Å². The number of ketones is 1. The van der Waals surface area contributed by atoms with Crippen LogP contribution in [0.1, 0.15) is 77.0 Å². The maximum atomic E-state index is 13.1. The highest BCUT2D eigenvalue weighted by Crippen LogP contribution is 2.48. The molecule has 2 unspecified atom stereocenters. The minimum Gasteiger partial charge on any atom is -0.481 e. The molecule has 0 bridgehead atoms. The second-order valence-electron chi connectivity index (χ2n) is 15.1. The molecule has 0 amide bonds. The molecule has 4 heterocycles. The molecule has 2 atom stereocenters. The van der Waals surface area contributed by atoms with Crippen LogP contribution in [-0.4, -0.2) is 21.5 Å². The average Bonchev–Trinajstić information content (AvgIpc) is 3.27. The van der Waals surface area contributed by atoms with Crippen LogP contribution in [0.15, 0.2) is 127 Å². The van der Waals surface area contributed by atoms with Crippen molar-refractivity contribution in [3.05, 3.63) is 178 Å². The molecule has 9 nitrogen and oxygen atoms in total. The lowest BCUT2D eigenvalue weighted by molar-refractivity contribution is 0.0247. The highest BCUT2D eigenvalue weighted by molar-refractivity contribution is 6.06. The van der Waals surface area contributed by atoms with Gasteiger partial charge in [-0.25, -0.2) is 9.69 Å². The van der Waals surface area contributed by atoms with Crippen LogP contribution in [0.2, 0.25) is 0 Å². The Morgan fingerprint density at radius 1 is 0.638 bits per heavy atom. The first-order chi connectivity index (χ1) is 28.4. The van der Waals surface area contributed by atoms with Crippen molar-refractivity contribution < 1.29 is 14.3 Å². The van der Waals surface area contributed by atoms with Crippen LogP contribution in [-0.2, 0) is 24.0 Å². The van der Waals surface area contributed by atoms with Crippen LogP contribution in [0.5, 0.6) is 11.5 Å². The minimum absolute atomic E-state index is 0.0983. The Balaban J connectivity index is 0.000000151. The first kappa shape index (κ1) is 36.2. The number of benzene rings is 4. The zero-order valence-electron chi connectivity index (χ0n) is 31.6. The topological polar surface area (TPSA) is 106 Å². The molecule has 0 saturated carbocycles. The number of nitriles is 1. The summed E-state index contributed by atoms with van der Waals surface area (Å²) in [6.07, 6.45) is 12.0. The Morgan fingerprint density at radius 3 is 1.71 bits per heavy atom. The largest absolute Gasteiger partial charge is 0.481 e. The fourth-order valence-corrected chi connectivity index (χ4v) is 8.96. The number of fused-ring (bicyclic) bond motifs is 6. The Hall–Kier alpha value is -7.41. The molecule has 6 aromatic rings. The fraction of sp³-hybridized carbons (Fsp3) is 0.204. The molecule has 0 N–H and O–H groups in total. The standard InChI is InChI=1S/C25H18N4O.C24H18N2O2/c1-27-19-6-2-5-17(13-19)18-9-10-24-20(14-18)23(29-16-26)15-25(30-24)11-3-8-22-21(25)7-4-12-28-22;1-25-18-6-2-5-16(13-18)17-9-10-23-19(14-17)22(27)15-24(28-23)11-3-8-21-20(24)7-4-12-26-21/h2,4-7,9-10,12-14H,3,8,11,15H2;2,4-7,9-10,12-14H,3,8,11,15H2. The summed E-state index contributed by atoms with van der Waals surface area (Å²) in [4.78, 5) is 33.4. The van der Waals surface area contributed by atoms with Crippen molar-refractivity contribution in [1.82, 2.24) is 9.97 Å². The molecular formula is C49H36N6O3. The van der Waals surface area contributed by atoms with E-state index in [1.807, 2.05) is 103 Å². The minimum atomic E-state index is -0.600. The van der Waals surface area contributed by atoms with Crippen LogP contribution in [0.3, 0.4) is 0 Å². The number of carbonyl (C=O) groups is 1. The van der Waals surface area contributed by atoms with Crippen molar-refractivity contribution in [1.29, 1.82) is 5.26 Å². The molecule has 0 radical (unpaired) electrons. The molecule has 10 rings (SSSR count). The van der Waals surface area contributed by atoms with Crippen molar-refractivity contribution in [2.24, 2.45) is 4.99 Å². The maximum absolute atomic E-state index is 13.1. The lowest BCUT2D eigenvalue weighted by Gasteiger charge is -2.42. The van der Waals surface area contributed by atoms with E-state index in [1.54, 1.807) is 18.3 Å². The quantitative estimate of drug-likeness (QED) is 0.129. The number of pyridine rings is 2. The summed E-state index contributed by atoms with van der Waals surface area (Å²) in [5.41, 5.74) is 10.3. The molecule has 4 aliphatic rings. The van der Waals surface area contributed by atoms with Gasteiger partial charge in [0.2, 0.25) is 6.19 Å². The summed E-state index contributed by atoms with van der Waals surface area (Å²) in [5, 5.41) is 9.36. The fourth-order valence-electron chi connectivity index (χ4n) is 8.96. The van der Waals surface area contributed by atoms with Gasteiger partial charge in [0.05, 0.1) is 30.8 Å². The van der Waals surface area contributed by atoms with Gasteiger partial charge in [0.15, 0.2) is 17.2 Å². The van der Waals surface area contributed by atoms with Gasteiger partial charge in [-0.2, -0.15) is 10.3 Å². The predicted molar refractivity (Wildman–Crippen MR) is 221 cm³/mol. The first-order valence-corrected chi connectivity index (χ1v) is 19.4. The van der Waals surface area contributed by atoms with Crippen LogP contribution in [0.25, 0.3) is 31.9 Å². The molecule has 280 valence electrons. The number of rotatable bonds is 2. The third-order valence-electron chi connectivity index (χ3n) is 11.6. The molecule has 2 spiro atoms. The van der Waals surface area contributed by atoms with Crippen LogP contribution >= 0.6 is 0 Å². The Labute approximate surface area is 336 Å². The first-order valence-electron chi connectivity index (χ1n) is 19.4. The predicted octanol–water partition coefficient (Wildman–Crippen LogP) is 11.1. The van der Waals surface area contributed by atoms with Gasteiger partial charge in [0, 0.05) is 46.9 Å². The number of aromatic nitrogens is 2. The molecule has 0 saturated heterocycles. The smallest absolute Gasteiger partial charge is 0.205 e. The number of nitrogens with zero attached hydrogens (tertiary/aromatic N) is 6. The van der Waals surface area contributed by atoms with Gasteiger partial charge >= 0.3 is 0 Å². The molecule has 0 fully saturated rings. The highest BCUT2D eigenvalue weighted by atomic mass is 16.5. The second-order valence-corrected chi connectivity index (χ2v) is 15.1. The number of Topliss-reactive ketones (excluding diaryl/α,β-unsaturated/α-hetero) is 1. The van der Waals surface area contributed by atoms with E-state index in [0.717, 1.165) is 100 Å². The van der Waals surface area contributed by atoms with Crippen molar-refractivity contribution in [3.8, 4) is 39.9 Å². The molecule has 2 aliphatic heterocycles. The molecular weight excluding hydrogens is 721 g/mol. The zero-order valence-corrected chi connectivity index (χ0v) is 31.6. The SMILES string of the molecule is [C-]#[N+]c1cccc(-c2ccc3c(c2)C(=NC#N)CC2(CCCc4ncccc42)O3)c1.[C-]#[N+]c1cccc(-c2ccc3c(c2)C(=O)CC2(CCCc4ncccc42)O3)c1. The highest BCUT2D eigenvalue weighted by Gasteiger charge is 2.46. The van der Waals surface area contributed by atoms with Crippen molar-refractivity contribution in [2.45, 2.75) is 62.6 Å². The number of aliphatic imine (C=N–C) groups is 1. The van der Waals surface area contributed by atoms with Gasteiger partial charge in [-0.15, -0.1) is 0 Å². The number of ether oxygens (including phenoxy) is 2. The summed E-state index contributed by atoms with van der Waals surface area (Å²) in [6, 6.07) is 34.6. The number of aryl methyl sites for hydroxylation is 2. The van der Waals surface area contributed by atoms with Gasteiger partial charge in [-0.3, -0.25) is 14.8 Å². The van der Waals surface area contributed by atoms with Gasteiger partial charge in [-0.1, -0.05) is 60.7 Å². The van der Waals surface area contributed by atoms with E-state index < -0.39 is 11.2 Å². The summed E-state index contributed by atoms with van der Waals surface area (Å²) in [7, 11) is 0. The molecule has 4 aromatic carbocycles. The van der Waals surface area contributed by atoms with E-state index in [-0.39, 0.29) is 5.78 Å². The lowest BCUT2D eigenvalue weighted by atomic mass is 9.75. The van der Waals surface area contributed by atoms with E-state index in [4.69, 9.17) is 22.6 Å². The van der Waals surface area contributed by atoms with Gasteiger partial charge in [0.25, 0.3) is 0 Å². The monoisotopic (exact) mass is 756 g/mol. The van der Waals surface area contributed by atoms with E-state index in [0.29, 0.717) is 35.5 Å². The third-order valence-corrected chi connectivity index (χ3v) is 11.6. The van der Waals surface area contributed by atoms with E-state index in [1.165, 1.54) is 0 Å². The number of hydrogen-bond donors (Lipinski definition) is 0. The zero-order chi connectivity index (χ0) is 39.7. The Bertz CT molecular complexity index is 2790. The second kappa shape index (κ2) is 14.9. The van der Waals surface area contributed by atoms with Gasteiger partial charge in [0.1, 0.15) is 22.7 Å². The van der Waals surface area contributed by atoms with Crippen LogP contribution in [0, 0.1) is 24.6 Å². The van der Waals surface area contributed by atoms with Crippen molar-refractivity contribution in [3.63, 3.8) is 0 Å². The lowest BCUT2D eigenvalue weighted by Crippen LogP contribution is -2.42. The van der Waals surface area contributed by atoms with Crippen molar-refractivity contribution >= 4 is 22.9 Å². The summed E-state index contributed by atoms with van der Waals surface area (Å²) in [6.45, 7) is 14.5.